The summed E-state index contributed by atoms with van der Waals surface area (Å²) < 4.78 is 5.53. The lowest BCUT2D eigenvalue weighted by atomic mass is 9.75. The lowest BCUT2D eigenvalue weighted by Crippen LogP contribution is -3.11. The normalized spacial score (nSPS) is 32.2. The predicted molar refractivity (Wildman–Crippen MR) is 75.9 cm³/mol. The van der Waals surface area contributed by atoms with Crippen molar-refractivity contribution in [2.24, 2.45) is 17.8 Å². The Hall–Kier alpha value is -0.830. The number of hydrogen-bond acceptors (Lipinski definition) is 2. The van der Waals surface area contributed by atoms with Gasteiger partial charge in [-0.25, -0.2) is 4.79 Å². The number of quaternary nitrogens is 1. The zero-order chi connectivity index (χ0) is 13.8. The third-order valence-electron chi connectivity index (χ3n) is 4.74. The Morgan fingerprint density at radius 2 is 2.05 bits per heavy atom. The summed E-state index contributed by atoms with van der Waals surface area (Å²) in [5.41, 5.74) is 1.48. The summed E-state index contributed by atoms with van der Waals surface area (Å²) in [4.78, 5) is 13.3. The summed E-state index contributed by atoms with van der Waals surface area (Å²) in [7, 11) is 0. The molecule has 3 nitrogen and oxygen atoms in total. The Morgan fingerprint density at radius 1 is 1.37 bits per heavy atom. The Labute approximate surface area is 117 Å². The molecule has 2 aliphatic rings. The van der Waals surface area contributed by atoms with Crippen LogP contribution in [0.5, 0.6) is 0 Å². The van der Waals surface area contributed by atoms with Crippen LogP contribution in [0.15, 0.2) is 11.6 Å². The monoisotopic (exact) mass is 266 g/mol. The van der Waals surface area contributed by atoms with E-state index in [1.165, 1.54) is 23.3 Å². The molecule has 0 unspecified atom stereocenters. The molecule has 108 valence electrons. The number of carbonyl (C=O) groups excluding carboxylic acids is 1. The third kappa shape index (κ3) is 4.07. The highest BCUT2D eigenvalue weighted by Crippen LogP contribution is 2.33. The molecule has 0 saturated carbocycles. The zero-order valence-electron chi connectivity index (χ0n) is 12.6. The zero-order valence-corrected chi connectivity index (χ0v) is 12.6. The predicted octanol–water partition coefficient (Wildman–Crippen LogP) is 1.45. The van der Waals surface area contributed by atoms with Crippen LogP contribution in [0.2, 0.25) is 0 Å². The molecule has 1 saturated heterocycles. The van der Waals surface area contributed by atoms with Gasteiger partial charge in [0.15, 0.2) is 6.54 Å². The van der Waals surface area contributed by atoms with Crippen LogP contribution < -0.4 is 4.90 Å². The summed E-state index contributed by atoms with van der Waals surface area (Å²) in [5.74, 6) is 1.62. The number of hydrogen-bond donors (Lipinski definition) is 1. The molecule has 3 atom stereocenters. The SMILES string of the molecule is CC1=C[C@@H](C)[C@H](COC(=O)C[NH+]2CCCC2)[C@H](C)C1. The van der Waals surface area contributed by atoms with Gasteiger partial charge < -0.3 is 9.64 Å². The maximum Gasteiger partial charge on any atom is 0.361 e. The second-order valence-corrected chi connectivity index (χ2v) is 6.53. The van der Waals surface area contributed by atoms with Gasteiger partial charge in [-0.3, -0.25) is 0 Å². The lowest BCUT2D eigenvalue weighted by molar-refractivity contribution is -0.879. The molecular weight excluding hydrogens is 238 g/mol. The molecule has 0 radical (unpaired) electrons. The van der Waals surface area contributed by atoms with Crippen molar-refractivity contribution in [2.75, 3.05) is 26.2 Å². The van der Waals surface area contributed by atoms with Gasteiger partial charge in [0.1, 0.15) is 0 Å². The molecule has 1 aliphatic heterocycles. The van der Waals surface area contributed by atoms with Crippen LogP contribution in [-0.4, -0.2) is 32.2 Å². The highest BCUT2D eigenvalue weighted by Gasteiger charge is 2.28. The van der Waals surface area contributed by atoms with Crippen molar-refractivity contribution in [3.8, 4) is 0 Å². The Morgan fingerprint density at radius 3 is 2.68 bits per heavy atom. The standard InChI is InChI=1S/C16H27NO2/c1-12-8-13(2)15(14(3)9-12)11-19-16(18)10-17-6-4-5-7-17/h8,13-15H,4-7,9-11H2,1-3H3/p+1/t13-,14-,15+/m1/s1. The van der Waals surface area contributed by atoms with Gasteiger partial charge in [0.2, 0.25) is 0 Å². The van der Waals surface area contributed by atoms with E-state index in [1.54, 1.807) is 0 Å². The average Bonchev–Trinajstić information content (AvgIpc) is 2.80. The molecule has 1 fully saturated rings. The molecule has 0 aromatic rings. The average molecular weight is 266 g/mol. The maximum atomic E-state index is 11.9. The number of esters is 1. The van der Waals surface area contributed by atoms with Gasteiger partial charge in [-0.05, 0) is 25.2 Å². The number of likely N-dealkylation sites (tertiary alicyclic amines) is 1. The number of carbonyl (C=O) groups is 1. The van der Waals surface area contributed by atoms with E-state index in [0.717, 1.165) is 19.5 Å². The van der Waals surface area contributed by atoms with Crippen LogP contribution in [0.1, 0.15) is 40.0 Å². The molecule has 1 aliphatic carbocycles. The van der Waals surface area contributed by atoms with Crippen molar-refractivity contribution in [1.82, 2.24) is 0 Å². The first-order chi connectivity index (χ1) is 9.06. The summed E-state index contributed by atoms with van der Waals surface area (Å²) in [6, 6.07) is 0. The fourth-order valence-electron chi connectivity index (χ4n) is 3.63. The Balaban J connectivity index is 1.76. The smallest absolute Gasteiger partial charge is 0.361 e. The van der Waals surface area contributed by atoms with Crippen LogP contribution in [0.25, 0.3) is 0 Å². The first kappa shape index (κ1) is 14.6. The molecule has 19 heavy (non-hydrogen) atoms. The van der Waals surface area contributed by atoms with Gasteiger partial charge in [-0.15, -0.1) is 0 Å². The molecule has 0 bridgehead atoms. The molecule has 2 rings (SSSR count). The van der Waals surface area contributed by atoms with Crippen molar-refractivity contribution >= 4 is 5.97 Å². The molecule has 1 heterocycles. The minimum atomic E-state index is -0.0115. The Kier molecular flexibility index (Phi) is 5.03. The summed E-state index contributed by atoms with van der Waals surface area (Å²) in [6.07, 6.45) is 5.99. The van der Waals surface area contributed by atoms with E-state index in [9.17, 15) is 4.79 Å². The first-order valence-electron chi connectivity index (χ1n) is 7.72. The van der Waals surface area contributed by atoms with Gasteiger partial charge in [0, 0.05) is 18.8 Å². The van der Waals surface area contributed by atoms with E-state index in [4.69, 9.17) is 4.74 Å². The van der Waals surface area contributed by atoms with Gasteiger partial charge in [0.05, 0.1) is 19.7 Å². The van der Waals surface area contributed by atoms with E-state index in [0.29, 0.717) is 30.9 Å². The van der Waals surface area contributed by atoms with E-state index in [1.807, 2.05) is 0 Å². The second kappa shape index (κ2) is 6.56. The van der Waals surface area contributed by atoms with Crippen LogP contribution in [0, 0.1) is 17.8 Å². The molecule has 3 heteroatoms. The molecule has 0 aromatic carbocycles. The lowest BCUT2D eigenvalue weighted by Gasteiger charge is -2.32. The van der Waals surface area contributed by atoms with Crippen LogP contribution >= 0.6 is 0 Å². The fraction of sp³-hybridized carbons (Fsp3) is 0.812. The van der Waals surface area contributed by atoms with Crippen LogP contribution in [0.4, 0.5) is 0 Å². The van der Waals surface area contributed by atoms with Crippen molar-refractivity contribution in [2.45, 2.75) is 40.0 Å². The number of allylic oxidation sites excluding steroid dienone is 2. The quantitative estimate of drug-likeness (QED) is 0.617. The minimum absolute atomic E-state index is 0.0115. The molecular formula is C16H28NO2+. The van der Waals surface area contributed by atoms with E-state index < -0.39 is 0 Å². The number of nitrogens with one attached hydrogen (secondary N) is 1. The largest absolute Gasteiger partial charge is 0.461 e. The second-order valence-electron chi connectivity index (χ2n) is 6.53. The maximum absolute atomic E-state index is 11.9. The first-order valence-corrected chi connectivity index (χ1v) is 7.72. The van der Waals surface area contributed by atoms with Gasteiger partial charge in [-0.1, -0.05) is 25.5 Å². The van der Waals surface area contributed by atoms with Crippen LogP contribution in [-0.2, 0) is 9.53 Å². The van der Waals surface area contributed by atoms with Crippen molar-refractivity contribution in [3.05, 3.63) is 11.6 Å². The topological polar surface area (TPSA) is 30.7 Å². The van der Waals surface area contributed by atoms with E-state index >= 15 is 0 Å². The van der Waals surface area contributed by atoms with Crippen molar-refractivity contribution < 1.29 is 14.4 Å². The van der Waals surface area contributed by atoms with Crippen molar-refractivity contribution in [3.63, 3.8) is 0 Å². The van der Waals surface area contributed by atoms with Gasteiger partial charge in [0.25, 0.3) is 0 Å². The Bertz CT molecular complexity index is 345. The number of rotatable bonds is 4. The summed E-state index contributed by atoms with van der Waals surface area (Å²) in [5, 5.41) is 0. The highest BCUT2D eigenvalue weighted by atomic mass is 16.5. The van der Waals surface area contributed by atoms with Gasteiger partial charge in [-0.2, -0.15) is 0 Å². The summed E-state index contributed by atoms with van der Waals surface area (Å²) >= 11 is 0. The summed E-state index contributed by atoms with van der Waals surface area (Å²) in [6.45, 7) is 10.1. The number of ether oxygens (including phenoxy) is 1. The molecule has 0 aromatic heterocycles. The highest BCUT2D eigenvalue weighted by molar-refractivity contribution is 5.70. The minimum Gasteiger partial charge on any atom is -0.461 e. The molecule has 1 N–H and O–H groups in total. The van der Waals surface area contributed by atoms with E-state index in [-0.39, 0.29) is 5.97 Å². The van der Waals surface area contributed by atoms with E-state index in [2.05, 4.69) is 26.8 Å². The molecule has 0 spiro atoms. The van der Waals surface area contributed by atoms with Gasteiger partial charge >= 0.3 is 5.97 Å². The third-order valence-corrected chi connectivity index (χ3v) is 4.74. The molecule has 0 amide bonds. The van der Waals surface area contributed by atoms with Crippen LogP contribution in [0.3, 0.4) is 0 Å². The van der Waals surface area contributed by atoms with Crippen molar-refractivity contribution in [1.29, 1.82) is 0 Å². The fourth-order valence-corrected chi connectivity index (χ4v) is 3.63.